The fourth-order valence-electron chi connectivity index (χ4n) is 2.52. The van der Waals surface area contributed by atoms with Crippen molar-refractivity contribution in [2.24, 2.45) is 5.92 Å². The zero-order chi connectivity index (χ0) is 12.4. The van der Waals surface area contributed by atoms with Gasteiger partial charge in [0.2, 0.25) is 5.91 Å². The Bertz CT molecular complexity index is 391. The molecule has 4 nitrogen and oxygen atoms in total. The van der Waals surface area contributed by atoms with Gasteiger partial charge in [-0.25, -0.2) is 0 Å². The predicted octanol–water partition coefficient (Wildman–Crippen LogP) is 2.20. The van der Waals surface area contributed by atoms with E-state index in [2.05, 4.69) is 0 Å². The first kappa shape index (κ1) is 11.8. The molecule has 18 heavy (non-hydrogen) atoms. The van der Waals surface area contributed by atoms with E-state index in [1.807, 2.05) is 17.0 Å². The van der Waals surface area contributed by atoms with Gasteiger partial charge in [-0.3, -0.25) is 4.79 Å². The number of rotatable bonds is 4. The third-order valence-electron chi connectivity index (χ3n) is 3.75. The van der Waals surface area contributed by atoms with Gasteiger partial charge in [-0.05, 0) is 37.8 Å². The van der Waals surface area contributed by atoms with Crippen LogP contribution in [0.2, 0.25) is 0 Å². The maximum absolute atomic E-state index is 12.4. The Labute approximate surface area is 107 Å². The normalized spacial score (nSPS) is 20.9. The molecule has 1 aromatic heterocycles. The molecule has 1 saturated heterocycles. The average molecular weight is 249 g/mol. The number of furan rings is 1. The van der Waals surface area contributed by atoms with Crippen LogP contribution in [-0.2, 0) is 16.1 Å². The van der Waals surface area contributed by atoms with E-state index in [1.165, 1.54) is 0 Å². The Morgan fingerprint density at radius 2 is 2.06 bits per heavy atom. The third-order valence-corrected chi connectivity index (χ3v) is 3.75. The molecule has 0 bridgehead atoms. The molecule has 1 amide bonds. The Balaban J connectivity index is 1.71. The number of hydrogen-bond donors (Lipinski definition) is 0. The molecule has 0 unspecified atom stereocenters. The van der Waals surface area contributed by atoms with Gasteiger partial charge in [-0.15, -0.1) is 0 Å². The monoisotopic (exact) mass is 249 g/mol. The summed E-state index contributed by atoms with van der Waals surface area (Å²) >= 11 is 0. The van der Waals surface area contributed by atoms with Crippen molar-refractivity contribution in [3.8, 4) is 0 Å². The lowest BCUT2D eigenvalue weighted by atomic mass is 10.1. The number of carbonyl (C=O) groups excluding carboxylic acids is 1. The molecule has 0 radical (unpaired) electrons. The average Bonchev–Trinajstić information content (AvgIpc) is 3.14. The summed E-state index contributed by atoms with van der Waals surface area (Å²) in [6.07, 6.45) is 5.66. The summed E-state index contributed by atoms with van der Waals surface area (Å²) < 4.78 is 10.8. The third kappa shape index (κ3) is 2.58. The molecule has 2 heterocycles. The van der Waals surface area contributed by atoms with Crippen molar-refractivity contribution in [3.63, 3.8) is 0 Å². The van der Waals surface area contributed by atoms with Crippen LogP contribution in [0, 0.1) is 5.92 Å². The van der Waals surface area contributed by atoms with Gasteiger partial charge in [0, 0.05) is 25.2 Å². The van der Waals surface area contributed by atoms with Gasteiger partial charge in [0.15, 0.2) is 0 Å². The molecule has 2 aliphatic rings. The minimum atomic E-state index is 0.266. The van der Waals surface area contributed by atoms with Crippen LogP contribution in [0.5, 0.6) is 0 Å². The van der Waals surface area contributed by atoms with Gasteiger partial charge >= 0.3 is 0 Å². The van der Waals surface area contributed by atoms with Crippen molar-refractivity contribution in [2.45, 2.75) is 38.3 Å². The van der Waals surface area contributed by atoms with Gasteiger partial charge < -0.3 is 14.1 Å². The predicted molar refractivity (Wildman–Crippen MR) is 65.8 cm³/mol. The van der Waals surface area contributed by atoms with Crippen LogP contribution in [0.1, 0.15) is 31.4 Å². The molecule has 0 spiro atoms. The minimum Gasteiger partial charge on any atom is -0.467 e. The van der Waals surface area contributed by atoms with Gasteiger partial charge in [-0.2, -0.15) is 0 Å². The van der Waals surface area contributed by atoms with Crippen molar-refractivity contribution in [1.29, 1.82) is 0 Å². The fraction of sp³-hybridized carbons (Fsp3) is 0.643. The number of ether oxygens (including phenoxy) is 1. The fourth-order valence-corrected chi connectivity index (χ4v) is 2.52. The van der Waals surface area contributed by atoms with E-state index in [0.29, 0.717) is 18.5 Å². The SMILES string of the molecule is O=C(C1CC1)N(Cc1ccco1)C1CCOCC1. The minimum absolute atomic E-state index is 0.266. The first-order valence-electron chi connectivity index (χ1n) is 6.75. The van der Waals surface area contributed by atoms with Gasteiger partial charge in [-0.1, -0.05) is 0 Å². The molecule has 0 atom stereocenters. The second-order valence-corrected chi connectivity index (χ2v) is 5.16. The largest absolute Gasteiger partial charge is 0.467 e. The van der Waals surface area contributed by atoms with Gasteiger partial charge in [0.1, 0.15) is 5.76 Å². The Morgan fingerprint density at radius 1 is 1.28 bits per heavy atom. The highest BCUT2D eigenvalue weighted by Crippen LogP contribution is 2.33. The molecule has 4 heteroatoms. The number of amides is 1. The van der Waals surface area contributed by atoms with Crippen LogP contribution in [0.15, 0.2) is 22.8 Å². The van der Waals surface area contributed by atoms with E-state index in [0.717, 1.165) is 44.7 Å². The lowest BCUT2D eigenvalue weighted by Crippen LogP contribution is -2.43. The van der Waals surface area contributed by atoms with Gasteiger partial charge in [0.05, 0.1) is 12.8 Å². The standard InChI is InChI=1S/C14H19NO3/c16-14(11-3-4-11)15(10-13-2-1-7-18-13)12-5-8-17-9-6-12/h1-2,7,11-12H,3-6,8-10H2. The molecule has 0 N–H and O–H groups in total. The highest BCUT2D eigenvalue weighted by Gasteiger charge is 2.37. The second kappa shape index (κ2) is 5.14. The lowest BCUT2D eigenvalue weighted by molar-refractivity contribution is -0.138. The molecule has 1 saturated carbocycles. The van der Waals surface area contributed by atoms with Crippen LogP contribution in [0.3, 0.4) is 0 Å². The zero-order valence-corrected chi connectivity index (χ0v) is 10.5. The van der Waals surface area contributed by atoms with Crippen molar-refractivity contribution in [3.05, 3.63) is 24.2 Å². The van der Waals surface area contributed by atoms with Crippen molar-refractivity contribution in [1.82, 2.24) is 4.90 Å². The lowest BCUT2D eigenvalue weighted by Gasteiger charge is -2.34. The summed E-state index contributed by atoms with van der Waals surface area (Å²) in [4.78, 5) is 14.4. The smallest absolute Gasteiger partial charge is 0.226 e. The second-order valence-electron chi connectivity index (χ2n) is 5.16. The topological polar surface area (TPSA) is 42.7 Å². The molecule has 1 aromatic rings. The van der Waals surface area contributed by atoms with Crippen molar-refractivity contribution < 1.29 is 13.9 Å². The molecule has 98 valence electrons. The molecule has 1 aliphatic heterocycles. The van der Waals surface area contributed by atoms with E-state index in [1.54, 1.807) is 6.26 Å². The number of nitrogens with zero attached hydrogens (tertiary/aromatic N) is 1. The molecular weight excluding hydrogens is 230 g/mol. The van der Waals surface area contributed by atoms with E-state index < -0.39 is 0 Å². The van der Waals surface area contributed by atoms with E-state index in [9.17, 15) is 4.79 Å². The summed E-state index contributed by atoms with van der Waals surface area (Å²) in [5, 5.41) is 0. The maximum atomic E-state index is 12.4. The highest BCUT2D eigenvalue weighted by molar-refractivity contribution is 5.81. The summed E-state index contributed by atoms with van der Waals surface area (Å²) in [7, 11) is 0. The first-order chi connectivity index (χ1) is 8.84. The Morgan fingerprint density at radius 3 is 2.67 bits per heavy atom. The van der Waals surface area contributed by atoms with E-state index in [4.69, 9.17) is 9.15 Å². The molecule has 3 rings (SSSR count). The molecular formula is C14H19NO3. The first-order valence-corrected chi connectivity index (χ1v) is 6.75. The maximum Gasteiger partial charge on any atom is 0.226 e. The Kier molecular flexibility index (Phi) is 3.37. The molecule has 1 aliphatic carbocycles. The van der Waals surface area contributed by atoms with Crippen LogP contribution in [-0.4, -0.2) is 30.1 Å². The van der Waals surface area contributed by atoms with E-state index >= 15 is 0 Å². The highest BCUT2D eigenvalue weighted by atomic mass is 16.5. The quantitative estimate of drug-likeness (QED) is 0.821. The van der Waals surface area contributed by atoms with Crippen LogP contribution in [0.25, 0.3) is 0 Å². The van der Waals surface area contributed by atoms with Crippen molar-refractivity contribution in [2.75, 3.05) is 13.2 Å². The summed E-state index contributed by atoms with van der Waals surface area (Å²) in [5.41, 5.74) is 0. The van der Waals surface area contributed by atoms with Crippen LogP contribution in [0.4, 0.5) is 0 Å². The summed E-state index contributed by atoms with van der Waals surface area (Å²) in [6.45, 7) is 2.13. The van der Waals surface area contributed by atoms with E-state index in [-0.39, 0.29) is 5.92 Å². The van der Waals surface area contributed by atoms with Crippen LogP contribution < -0.4 is 0 Å². The Hall–Kier alpha value is -1.29. The van der Waals surface area contributed by atoms with Crippen molar-refractivity contribution >= 4 is 5.91 Å². The summed E-state index contributed by atoms with van der Waals surface area (Å²) in [5.74, 6) is 1.44. The van der Waals surface area contributed by atoms with Gasteiger partial charge in [0.25, 0.3) is 0 Å². The molecule has 0 aromatic carbocycles. The zero-order valence-electron chi connectivity index (χ0n) is 10.5. The number of hydrogen-bond acceptors (Lipinski definition) is 3. The molecule has 2 fully saturated rings. The van der Waals surface area contributed by atoms with Crippen LogP contribution >= 0.6 is 0 Å². The number of carbonyl (C=O) groups is 1. The summed E-state index contributed by atoms with van der Waals surface area (Å²) in [6, 6.07) is 4.13.